The maximum atomic E-state index is 14.1. The summed E-state index contributed by atoms with van der Waals surface area (Å²) in [5.41, 5.74) is 4.28. The molecule has 3 atom stereocenters. The van der Waals surface area contributed by atoms with E-state index in [2.05, 4.69) is 26.3 Å². The molecule has 5 N–H and O–H groups in total. The van der Waals surface area contributed by atoms with Crippen LogP contribution in [0.15, 0.2) is 115 Å². The topological polar surface area (TPSA) is 184 Å². The minimum Gasteiger partial charge on any atom is -0.444 e. The van der Waals surface area contributed by atoms with Crippen LogP contribution >= 0.6 is 0 Å². The van der Waals surface area contributed by atoms with Gasteiger partial charge in [-0.25, -0.2) is 14.6 Å². The van der Waals surface area contributed by atoms with Crippen LogP contribution in [-0.2, 0) is 23.9 Å². The zero-order valence-electron chi connectivity index (χ0n) is 37.4. The van der Waals surface area contributed by atoms with Crippen molar-refractivity contribution in [1.82, 2.24) is 30.8 Å². The number of benzene rings is 4. The molecule has 5 aromatic rings. The fraction of sp³-hybridized carbons (Fsp3) is 0.360. The maximum absolute atomic E-state index is 14.1. The molecule has 14 nitrogen and oxygen atoms in total. The third-order valence-corrected chi connectivity index (χ3v) is 10.4. The number of amides is 5. The van der Waals surface area contributed by atoms with Gasteiger partial charge in [0.2, 0.25) is 11.8 Å². The van der Waals surface area contributed by atoms with Crippen LogP contribution in [0.4, 0.5) is 15.3 Å². The molecule has 1 saturated heterocycles. The van der Waals surface area contributed by atoms with Crippen LogP contribution < -0.4 is 21.3 Å². The van der Waals surface area contributed by atoms with Crippen LogP contribution in [0, 0.1) is 0 Å². The Morgan fingerprint density at radius 3 is 1.81 bits per heavy atom. The molecule has 14 heteroatoms. The number of anilines is 1. The van der Waals surface area contributed by atoms with Gasteiger partial charge in [0.15, 0.2) is 0 Å². The molecule has 336 valence electrons. The highest BCUT2D eigenvalue weighted by molar-refractivity contribution is 5.91. The molecular formula is C50H59N7O7. The molecule has 1 aromatic heterocycles. The number of aromatic amines is 1. The number of aromatic nitrogens is 2. The number of nitrogens with zero attached hydrogens (tertiary/aromatic N) is 2. The molecule has 3 unspecified atom stereocenters. The number of carbonyl (C=O) groups excluding carboxylic acids is 5. The number of rotatable bonds is 15. The first-order valence-electron chi connectivity index (χ1n) is 21.8. The largest absolute Gasteiger partial charge is 0.444 e. The van der Waals surface area contributed by atoms with Crippen molar-refractivity contribution in [2.45, 2.75) is 103 Å². The summed E-state index contributed by atoms with van der Waals surface area (Å²) in [6.45, 7) is 11.5. The van der Waals surface area contributed by atoms with E-state index in [1.54, 1.807) is 76.9 Å². The summed E-state index contributed by atoms with van der Waals surface area (Å²) in [5.74, 6) is -0.0381. The maximum Gasteiger partial charge on any atom is 0.408 e. The van der Waals surface area contributed by atoms with Gasteiger partial charge in [0.05, 0.1) is 17.9 Å². The van der Waals surface area contributed by atoms with Crippen LogP contribution in [0.1, 0.15) is 109 Å². The van der Waals surface area contributed by atoms with Crippen molar-refractivity contribution in [2.75, 3.05) is 18.4 Å². The van der Waals surface area contributed by atoms with Crippen LogP contribution in [0.25, 0.3) is 22.4 Å². The summed E-state index contributed by atoms with van der Waals surface area (Å²) in [6.07, 6.45) is 3.38. The molecular weight excluding hydrogens is 811 g/mol. The van der Waals surface area contributed by atoms with E-state index in [4.69, 9.17) is 14.5 Å². The average molecular weight is 870 g/mol. The van der Waals surface area contributed by atoms with Crippen molar-refractivity contribution in [1.29, 1.82) is 0 Å². The minimum absolute atomic E-state index is 0.130. The first-order valence-corrected chi connectivity index (χ1v) is 21.8. The van der Waals surface area contributed by atoms with Gasteiger partial charge in [-0.15, -0.1) is 0 Å². The van der Waals surface area contributed by atoms with Gasteiger partial charge in [-0.3, -0.25) is 14.4 Å². The summed E-state index contributed by atoms with van der Waals surface area (Å²) in [6, 6.07) is 31.7. The second-order valence-electron chi connectivity index (χ2n) is 17.8. The van der Waals surface area contributed by atoms with Gasteiger partial charge in [-0.1, -0.05) is 97.1 Å². The molecule has 0 spiro atoms. The smallest absolute Gasteiger partial charge is 0.408 e. The van der Waals surface area contributed by atoms with Crippen molar-refractivity contribution in [3.63, 3.8) is 0 Å². The van der Waals surface area contributed by atoms with Crippen LogP contribution in [0.2, 0.25) is 0 Å². The molecule has 6 rings (SSSR count). The summed E-state index contributed by atoms with van der Waals surface area (Å²) in [5, 5.41) is 11.3. The number of imidazole rings is 1. The normalized spacial score (nSPS) is 14.8. The molecule has 1 aliphatic rings. The molecule has 5 amide bonds. The van der Waals surface area contributed by atoms with E-state index in [1.807, 2.05) is 84.9 Å². The number of hydrogen-bond donors (Lipinski definition) is 5. The number of likely N-dealkylation sites (tertiary alicyclic amines) is 1. The Morgan fingerprint density at radius 1 is 0.703 bits per heavy atom. The van der Waals surface area contributed by atoms with E-state index < -0.39 is 35.5 Å². The van der Waals surface area contributed by atoms with Crippen LogP contribution in [0.3, 0.4) is 0 Å². The van der Waals surface area contributed by atoms with Gasteiger partial charge in [-0.2, -0.15) is 0 Å². The summed E-state index contributed by atoms with van der Waals surface area (Å²) >= 11 is 0. The number of H-pyrrole nitrogens is 1. The molecule has 2 heterocycles. The van der Waals surface area contributed by atoms with Crippen molar-refractivity contribution in [3.8, 4) is 22.4 Å². The number of nitrogens with one attached hydrogen (secondary N) is 5. The highest BCUT2D eigenvalue weighted by atomic mass is 16.6. The lowest BCUT2D eigenvalue weighted by molar-refractivity contribution is -0.134. The molecule has 0 saturated carbocycles. The Morgan fingerprint density at radius 2 is 1.23 bits per heavy atom. The molecule has 64 heavy (non-hydrogen) atoms. The standard InChI is InChI=1S/C50H59N7O7/c1-49(2,3)63-47(61)55-42(36-16-9-7-10-17-36)45(59)51-30-14-13-21-41(58)53-38-28-26-34(27-29-38)33-22-24-35(25-23-33)39-32-52-44(54-39)40-20-15-31-57(40)46(60)43(37-18-11-8-12-19-37)56-48(62)64-50(4,5)6/h7-12,16-19,22-29,32,40,42-43H,13-15,20-21,30-31H2,1-6H3,(H,51,59)(H,52,54)(H,53,58)(H,55,61)(H,56,62). The van der Waals surface area contributed by atoms with Crippen molar-refractivity contribution in [2.24, 2.45) is 0 Å². The first kappa shape index (κ1) is 46.5. The van der Waals surface area contributed by atoms with Gasteiger partial charge in [0.1, 0.15) is 29.1 Å². The Hall–Kier alpha value is -6.96. The lowest BCUT2D eigenvalue weighted by atomic mass is 10.0. The monoisotopic (exact) mass is 869 g/mol. The zero-order chi connectivity index (χ0) is 45.9. The number of alkyl carbamates (subject to hydrolysis) is 2. The van der Waals surface area contributed by atoms with Crippen molar-refractivity contribution >= 4 is 35.6 Å². The van der Waals surface area contributed by atoms with E-state index in [1.165, 1.54) is 0 Å². The van der Waals surface area contributed by atoms with E-state index in [-0.39, 0.29) is 30.2 Å². The molecule has 1 aliphatic heterocycles. The summed E-state index contributed by atoms with van der Waals surface area (Å²) in [7, 11) is 0. The highest BCUT2D eigenvalue weighted by Crippen LogP contribution is 2.34. The third-order valence-electron chi connectivity index (χ3n) is 10.4. The number of ether oxygens (including phenoxy) is 2. The Kier molecular flexibility index (Phi) is 15.2. The van der Waals surface area contributed by atoms with Crippen LogP contribution in [-0.4, -0.2) is 69.1 Å². The lowest BCUT2D eigenvalue weighted by Gasteiger charge is -2.29. The fourth-order valence-corrected chi connectivity index (χ4v) is 7.40. The quantitative estimate of drug-likeness (QED) is 0.0645. The Bertz CT molecular complexity index is 2350. The van der Waals surface area contributed by atoms with Gasteiger partial charge >= 0.3 is 12.2 Å². The molecule has 4 aromatic carbocycles. The summed E-state index contributed by atoms with van der Waals surface area (Å²) in [4.78, 5) is 75.2. The van der Waals surface area contributed by atoms with E-state index in [0.29, 0.717) is 48.6 Å². The van der Waals surface area contributed by atoms with Gasteiger partial charge < -0.3 is 40.6 Å². The van der Waals surface area contributed by atoms with E-state index in [9.17, 15) is 24.0 Å². The first-order chi connectivity index (χ1) is 30.5. The van der Waals surface area contributed by atoms with Gasteiger partial charge in [0, 0.05) is 25.2 Å². The van der Waals surface area contributed by atoms with Crippen molar-refractivity contribution < 1.29 is 33.4 Å². The Labute approximate surface area is 374 Å². The predicted molar refractivity (Wildman–Crippen MR) is 246 cm³/mol. The number of unbranched alkanes of at least 4 members (excludes halogenated alkanes) is 1. The van der Waals surface area contributed by atoms with E-state index >= 15 is 0 Å². The molecule has 0 aliphatic carbocycles. The second kappa shape index (κ2) is 20.9. The van der Waals surface area contributed by atoms with Crippen molar-refractivity contribution in [3.05, 3.63) is 132 Å². The highest BCUT2D eigenvalue weighted by Gasteiger charge is 2.37. The SMILES string of the molecule is CC(C)(C)OC(=O)NC(C(=O)NCCCCC(=O)Nc1ccc(-c2ccc(-c3cnc(C4CCCN4C(=O)C(NC(=O)OC(C)(C)C)c4ccccc4)[nH]3)cc2)cc1)c1ccccc1. The molecule has 1 fully saturated rings. The van der Waals surface area contributed by atoms with E-state index in [0.717, 1.165) is 35.2 Å². The lowest BCUT2D eigenvalue weighted by Crippen LogP contribution is -2.44. The predicted octanol–water partition coefficient (Wildman–Crippen LogP) is 9.16. The number of hydrogen-bond acceptors (Lipinski definition) is 8. The van der Waals surface area contributed by atoms with Crippen LogP contribution in [0.5, 0.6) is 0 Å². The third kappa shape index (κ3) is 13.3. The average Bonchev–Trinajstić information content (AvgIpc) is 3.95. The second-order valence-corrected chi connectivity index (χ2v) is 17.8. The zero-order valence-corrected chi connectivity index (χ0v) is 37.4. The van der Waals surface area contributed by atoms with Gasteiger partial charge in [0.25, 0.3) is 5.91 Å². The number of carbonyl (C=O) groups is 5. The Balaban J connectivity index is 0.982. The summed E-state index contributed by atoms with van der Waals surface area (Å²) < 4.78 is 10.9. The minimum atomic E-state index is -0.920. The molecule has 0 radical (unpaired) electrons. The fourth-order valence-electron chi connectivity index (χ4n) is 7.40. The van der Waals surface area contributed by atoms with Gasteiger partial charge in [-0.05, 0) is 107 Å². The molecule has 0 bridgehead atoms.